The maximum Gasteiger partial charge on any atom is 0.336 e. The lowest BCUT2D eigenvalue weighted by molar-refractivity contribution is -0.716. The van der Waals surface area contributed by atoms with Gasteiger partial charge in [-0.2, -0.15) is 0 Å². The number of rotatable bonds is 5. The first-order valence-electron chi connectivity index (χ1n) is 8.88. The molecule has 3 heteroatoms. The topological polar surface area (TPSA) is 46.8 Å². The van der Waals surface area contributed by atoms with E-state index >= 15 is 0 Å². The SMILES string of the molecule is Cc1ccc2c(C[NH2+][C@H](c3ccccc3)C(C)C)cc(=O)oc2c1C. The van der Waals surface area contributed by atoms with Crippen molar-refractivity contribution < 1.29 is 9.73 Å². The average Bonchev–Trinajstić information content (AvgIpc) is 2.59. The largest absolute Gasteiger partial charge is 0.422 e. The highest BCUT2D eigenvalue weighted by atomic mass is 16.4. The zero-order valence-corrected chi connectivity index (χ0v) is 15.4. The Kier molecular flexibility index (Phi) is 5.05. The van der Waals surface area contributed by atoms with Crippen LogP contribution in [0.1, 0.15) is 42.1 Å². The first kappa shape index (κ1) is 17.4. The molecule has 0 bridgehead atoms. The minimum Gasteiger partial charge on any atom is -0.422 e. The minimum atomic E-state index is -0.273. The molecule has 0 spiro atoms. The summed E-state index contributed by atoms with van der Waals surface area (Å²) in [6, 6.07) is 16.7. The van der Waals surface area contributed by atoms with Gasteiger partial charge in [0, 0.05) is 28.5 Å². The summed E-state index contributed by atoms with van der Waals surface area (Å²) >= 11 is 0. The molecule has 0 unspecified atom stereocenters. The third-order valence-electron chi connectivity index (χ3n) is 5.01. The summed E-state index contributed by atoms with van der Waals surface area (Å²) in [6.07, 6.45) is 0. The summed E-state index contributed by atoms with van der Waals surface area (Å²) in [7, 11) is 0. The van der Waals surface area contributed by atoms with Gasteiger partial charge in [-0.15, -0.1) is 0 Å². The highest BCUT2D eigenvalue weighted by molar-refractivity contribution is 5.83. The van der Waals surface area contributed by atoms with E-state index in [1.165, 1.54) is 5.56 Å². The zero-order chi connectivity index (χ0) is 18.0. The Morgan fingerprint density at radius 2 is 1.76 bits per heavy atom. The van der Waals surface area contributed by atoms with E-state index in [0.717, 1.165) is 34.2 Å². The molecule has 0 saturated carbocycles. The van der Waals surface area contributed by atoms with Crippen molar-refractivity contribution in [3.63, 3.8) is 0 Å². The predicted octanol–water partition coefficient (Wildman–Crippen LogP) is 3.87. The quantitative estimate of drug-likeness (QED) is 0.719. The molecular formula is C22H26NO2+. The predicted molar refractivity (Wildman–Crippen MR) is 102 cm³/mol. The second-order valence-corrected chi connectivity index (χ2v) is 7.10. The smallest absolute Gasteiger partial charge is 0.336 e. The van der Waals surface area contributed by atoms with Crippen molar-refractivity contribution in [1.82, 2.24) is 0 Å². The second-order valence-electron chi connectivity index (χ2n) is 7.10. The molecular weight excluding hydrogens is 310 g/mol. The number of nitrogens with two attached hydrogens (primary N) is 1. The van der Waals surface area contributed by atoms with Gasteiger partial charge in [-0.25, -0.2) is 4.79 Å². The molecule has 25 heavy (non-hydrogen) atoms. The van der Waals surface area contributed by atoms with Crippen molar-refractivity contribution in [2.75, 3.05) is 0 Å². The highest BCUT2D eigenvalue weighted by Crippen LogP contribution is 2.23. The molecule has 0 fully saturated rings. The van der Waals surface area contributed by atoms with E-state index in [2.05, 4.69) is 55.6 Å². The van der Waals surface area contributed by atoms with E-state index in [4.69, 9.17) is 4.42 Å². The Labute approximate surface area is 148 Å². The first-order chi connectivity index (χ1) is 12.0. The van der Waals surface area contributed by atoms with E-state index < -0.39 is 0 Å². The van der Waals surface area contributed by atoms with Crippen molar-refractivity contribution in [1.29, 1.82) is 0 Å². The summed E-state index contributed by atoms with van der Waals surface area (Å²) < 4.78 is 5.48. The molecule has 0 saturated heterocycles. The number of hydrogen-bond donors (Lipinski definition) is 1. The molecule has 0 radical (unpaired) electrons. The molecule has 0 aliphatic heterocycles. The van der Waals surface area contributed by atoms with Gasteiger partial charge in [0.05, 0.1) is 0 Å². The molecule has 1 aromatic heterocycles. The summed E-state index contributed by atoms with van der Waals surface area (Å²) in [6.45, 7) is 9.27. The molecule has 1 heterocycles. The molecule has 3 aromatic rings. The first-order valence-corrected chi connectivity index (χ1v) is 8.88. The minimum absolute atomic E-state index is 0.273. The second kappa shape index (κ2) is 7.24. The van der Waals surface area contributed by atoms with Gasteiger partial charge in [0.2, 0.25) is 0 Å². The van der Waals surface area contributed by atoms with Crippen LogP contribution in [-0.2, 0) is 6.54 Å². The fourth-order valence-electron chi connectivity index (χ4n) is 3.42. The molecule has 2 aromatic carbocycles. The van der Waals surface area contributed by atoms with Gasteiger partial charge >= 0.3 is 5.63 Å². The highest BCUT2D eigenvalue weighted by Gasteiger charge is 2.20. The fourth-order valence-corrected chi connectivity index (χ4v) is 3.42. The number of aryl methyl sites for hydroxylation is 2. The lowest BCUT2D eigenvalue weighted by Crippen LogP contribution is -2.84. The molecule has 0 aliphatic carbocycles. The van der Waals surface area contributed by atoms with E-state index in [-0.39, 0.29) is 5.63 Å². The lowest BCUT2D eigenvalue weighted by atomic mass is 9.95. The van der Waals surface area contributed by atoms with Crippen LogP contribution in [0.15, 0.2) is 57.7 Å². The average molecular weight is 336 g/mol. The van der Waals surface area contributed by atoms with Gasteiger partial charge in [0.1, 0.15) is 18.2 Å². The van der Waals surface area contributed by atoms with Crippen LogP contribution in [0.5, 0.6) is 0 Å². The van der Waals surface area contributed by atoms with Gasteiger partial charge in [-0.1, -0.05) is 56.3 Å². The van der Waals surface area contributed by atoms with E-state index in [1.54, 1.807) is 6.07 Å². The Balaban J connectivity index is 1.95. The Bertz CT molecular complexity index is 926. The Morgan fingerprint density at radius 1 is 1.04 bits per heavy atom. The third-order valence-corrected chi connectivity index (χ3v) is 5.01. The van der Waals surface area contributed by atoms with E-state index in [1.807, 2.05) is 19.9 Å². The van der Waals surface area contributed by atoms with Crippen molar-refractivity contribution in [2.45, 2.75) is 40.3 Å². The summed E-state index contributed by atoms with van der Waals surface area (Å²) in [5, 5.41) is 3.36. The molecule has 130 valence electrons. The molecule has 0 amide bonds. The number of hydrogen-bond acceptors (Lipinski definition) is 2. The van der Waals surface area contributed by atoms with Crippen LogP contribution in [0.2, 0.25) is 0 Å². The van der Waals surface area contributed by atoms with Gasteiger partial charge in [-0.3, -0.25) is 0 Å². The van der Waals surface area contributed by atoms with Gasteiger partial charge in [0.15, 0.2) is 0 Å². The van der Waals surface area contributed by atoms with Crippen LogP contribution in [0.25, 0.3) is 11.0 Å². The maximum absolute atomic E-state index is 12.0. The maximum atomic E-state index is 12.0. The molecule has 2 N–H and O–H groups in total. The summed E-state index contributed by atoms with van der Waals surface area (Å²) in [4.78, 5) is 12.0. The van der Waals surface area contributed by atoms with Gasteiger partial charge < -0.3 is 9.73 Å². The van der Waals surface area contributed by atoms with Crippen LogP contribution < -0.4 is 10.9 Å². The third kappa shape index (κ3) is 3.67. The zero-order valence-electron chi connectivity index (χ0n) is 15.4. The van der Waals surface area contributed by atoms with Crippen LogP contribution in [-0.4, -0.2) is 0 Å². The number of quaternary nitrogens is 1. The number of fused-ring (bicyclic) bond motifs is 1. The molecule has 3 rings (SSSR count). The fraction of sp³-hybridized carbons (Fsp3) is 0.318. The van der Waals surface area contributed by atoms with Crippen LogP contribution in [0.3, 0.4) is 0 Å². The van der Waals surface area contributed by atoms with Crippen LogP contribution >= 0.6 is 0 Å². The van der Waals surface area contributed by atoms with Crippen LogP contribution in [0.4, 0.5) is 0 Å². The standard InChI is InChI=1S/C22H25NO2/c1-14(2)21(17-8-6-5-7-9-17)23-13-18-12-20(24)25-22-16(4)15(3)10-11-19(18)22/h5-12,14,21,23H,13H2,1-4H3/p+1/t21-/m0/s1. The Morgan fingerprint density at radius 3 is 2.44 bits per heavy atom. The molecule has 0 aliphatic rings. The van der Waals surface area contributed by atoms with E-state index in [9.17, 15) is 4.79 Å². The molecule has 3 nitrogen and oxygen atoms in total. The summed E-state index contributed by atoms with van der Waals surface area (Å²) in [5.41, 5.74) is 4.98. The normalized spacial score (nSPS) is 12.7. The summed E-state index contributed by atoms with van der Waals surface area (Å²) in [5.74, 6) is 0.498. The van der Waals surface area contributed by atoms with Crippen molar-refractivity contribution >= 4 is 11.0 Å². The van der Waals surface area contributed by atoms with Crippen molar-refractivity contribution in [3.8, 4) is 0 Å². The lowest BCUT2D eigenvalue weighted by Gasteiger charge is -2.20. The van der Waals surface area contributed by atoms with E-state index in [0.29, 0.717) is 12.0 Å². The number of benzene rings is 2. The monoisotopic (exact) mass is 336 g/mol. The van der Waals surface area contributed by atoms with Gasteiger partial charge in [-0.05, 0) is 25.0 Å². The van der Waals surface area contributed by atoms with Crippen molar-refractivity contribution in [2.24, 2.45) is 5.92 Å². The Hall–Kier alpha value is -2.39. The van der Waals surface area contributed by atoms with Crippen molar-refractivity contribution in [3.05, 3.63) is 81.2 Å². The van der Waals surface area contributed by atoms with Crippen LogP contribution in [0, 0.1) is 19.8 Å². The van der Waals surface area contributed by atoms with Gasteiger partial charge in [0.25, 0.3) is 0 Å². The molecule has 1 atom stereocenters.